The van der Waals surface area contributed by atoms with Gasteiger partial charge in [-0.15, -0.1) is 0 Å². The van der Waals surface area contributed by atoms with E-state index in [1.165, 1.54) is 24.5 Å². The number of carbonyl (C=O) groups excluding carboxylic acids is 1. The smallest absolute Gasteiger partial charge is 0.245 e. The van der Waals surface area contributed by atoms with Gasteiger partial charge in [0, 0.05) is 38.3 Å². The molecule has 2 aromatic rings. The molecular weight excluding hydrogens is 380 g/mol. The fourth-order valence-electron chi connectivity index (χ4n) is 4.91. The van der Waals surface area contributed by atoms with Crippen molar-refractivity contribution in [1.82, 2.24) is 20.0 Å². The Kier molecular flexibility index (Phi) is 4.16. The van der Waals surface area contributed by atoms with Gasteiger partial charge >= 0.3 is 0 Å². The number of hydrogen-bond donors (Lipinski definition) is 1. The maximum atomic E-state index is 13.7. The lowest BCUT2D eigenvalue weighted by atomic mass is 9.77. The first-order chi connectivity index (χ1) is 13.9. The van der Waals surface area contributed by atoms with Crippen LogP contribution in [0.1, 0.15) is 30.9 Å². The molecule has 5 rings (SSSR count). The third kappa shape index (κ3) is 3.00. The van der Waals surface area contributed by atoms with Crippen molar-refractivity contribution in [1.29, 1.82) is 0 Å². The molecule has 3 aliphatic rings. The lowest BCUT2D eigenvalue weighted by molar-refractivity contribution is -0.143. The van der Waals surface area contributed by atoms with Gasteiger partial charge < -0.3 is 10.0 Å². The van der Waals surface area contributed by atoms with Crippen molar-refractivity contribution in [3.05, 3.63) is 47.8 Å². The van der Waals surface area contributed by atoms with E-state index in [4.69, 9.17) is 0 Å². The minimum absolute atomic E-state index is 0.0369. The number of amides is 1. The Hall–Kier alpha value is -2.81. The molecule has 0 bridgehead atoms. The number of nitrogens with zero attached hydrogens (tertiary/aromatic N) is 5. The predicted octanol–water partition coefficient (Wildman–Crippen LogP) is 2.25. The Morgan fingerprint density at radius 1 is 1.03 bits per heavy atom. The first-order valence-electron chi connectivity index (χ1n) is 9.76. The molecule has 3 fully saturated rings. The molecule has 1 aromatic carbocycles. The summed E-state index contributed by atoms with van der Waals surface area (Å²) in [6.45, 7) is 2.61. The molecule has 1 amide bonds. The first-order valence-corrected chi connectivity index (χ1v) is 9.76. The third-order valence-corrected chi connectivity index (χ3v) is 6.36. The maximum Gasteiger partial charge on any atom is 0.245 e. The van der Waals surface area contributed by atoms with Crippen molar-refractivity contribution >= 4 is 11.7 Å². The zero-order chi connectivity index (χ0) is 20.2. The van der Waals surface area contributed by atoms with Gasteiger partial charge in [-0.3, -0.25) is 9.80 Å². The molecule has 29 heavy (non-hydrogen) atoms. The van der Waals surface area contributed by atoms with Gasteiger partial charge in [-0.25, -0.2) is 23.8 Å². The van der Waals surface area contributed by atoms with E-state index in [-0.39, 0.29) is 17.8 Å². The second-order valence-electron chi connectivity index (χ2n) is 8.05. The third-order valence-electron chi connectivity index (χ3n) is 6.36. The van der Waals surface area contributed by atoms with Crippen LogP contribution in [0, 0.1) is 17.0 Å². The highest BCUT2D eigenvalue weighted by atomic mass is 19.1. The van der Waals surface area contributed by atoms with E-state index < -0.39 is 17.0 Å². The molecule has 7 nitrogen and oxygen atoms in total. The Morgan fingerprint density at radius 2 is 1.76 bits per heavy atom. The average molecular weight is 401 g/mol. The Bertz CT molecular complexity index is 943. The van der Waals surface area contributed by atoms with Gasteiger partial charge in [-0.2, -0.15) is 0 Å². The molecule has 0 aliphatic carbocycles. The van der Waals surface area contributed by atoms with Crippen LogP contribution in [0.15, 0.2) is 30.6 Å². The largest absolute Gasteiger partial charge is 0.493 e. The number of aromatic nitrogens is 2. The Balaban J connectivity index is 1.35. The fraction of sp³-hybridized carbons (Fsp3) is 0.450. The van der Waals surface area contributed by atoms with E-state index in [0.717, 1.165) is 6.07 Å². The molecule has 0 radical (unpaired) electrons. The second-order valence-corrected chi connectivity index (χ2v) is 8.05. The Morgan fingerprint density at radius 3 is 2.45 bits per heavy atom. The van der Waals surface area contributed by atoms with Gasteiger partial charge in [-0.1, -0.05) is 0 Å². The summed E-state index contributed by atoms with van der Waals surface area (Å²) >= 11 is 0. The summed E-state index contributed by atoms with van der Waals surface area (Å²) in [7, 11) is 0. The van der Waals surface area contributed by atoms with Crippen molar-refractivity contribution < 1.29 is 18.7 Å². The van der Waals surface area contributed by atoms with Crippen molar-refractivity contribution in [2.24, 2.45) is 5.41 Å². The highest BCUT2D eigenvalue weighted by Gasteiger charge is 2.56. The number of fused-ring (bicyclic) bond motifs is 1. The van der Waals surface area contributed by atoms with Gasteiger partial charge in [0.1, 0.15) is 23.8 Å². The maximum absolute atomic E-state index is 13.7. The van der Waals surface area contributed by atoms with Crippen LogP contribution in [0.3, 0.4) is 0 Å². The summed E-state index contributed by atoms with van der Waals surface area (Å²) in [4.78, 5) is 23.4. The monoisotopic (exact) mass is 401 g/mol. The summed E-state index contributed by atoms with van der Waals surface area (Å²) in [6, 6.07) is 4.68. The van der Waals surface area contributed by atoms with Crippen molar-refractivity contribution in [2.75, 3.05) is 31.1 Å². The van der Waals surface area contributed by atoms with E-state index in [2.05, 4.69) is 9.97 Å². The van der Waals surface area contributed by atoms with Crippen LogP contribution < -0.4 is 4.90 Å². The van der Waals surface area contributed by atoms with Crippen molar-refractivity contribution in [2.45, 2.75) is 25.3 Å². The second kappa shape index (κ2) is 6.62. The Labute approximate surface area is 166 Å². The van der Waals surface area contributed by atoms with Crippen LogP contribution in [-0.2, 0) is 4.79 Å². The number of aromatic hydroxyl groups is 1. The molecule has 152 valence electrons. The standard InChI is InChI=1S/C20H21F2N5O2/c21-14-7-13(8-15(22)9-14)16-1-4-26-11-20(19(29)27(16)26)2-5-25(6-3-20)17-10-18(28)24-12-23-17/h7-10,12,16H,1-6,11H2,(H,23,24,28)/t16-/m0/s1. The summed E-state index contributed by atoms with van der Waals surface area (Å²) in [6.07, 6.45) is 3.30. The molecule has 3 saturated heterocycles. The molecule has 1 N–H and O–H groups in total. The normalized spacial score (nSPS) is 23.8. The van der Waals surface area contributed by atoms with E-state index in [1.807, 2.05) is 9.91 Å². The quantitative estimate of drug-likeness (QED) is 0.832. The van der Waals surface area contributed by atoms with Crippen molar-refractivity contribution in [3.63, 3.8) is 0 Å². The average Bonchev–Trinajstić information content (AvgIpc) is 3.20. The van der Waals surface area contributed by atoms with E-state index in [0.29, 0.717) is 56.8 Å². The molecule has 4 heterocycles. The number of carbonyl (C=O) groups is 1. The molecule has 1 aromatic heterocycles. The zero-order valence-electron chi connectivity index (χ0n) is 15.8. The highest BCUT2D eigenvalue weighted by Crippen LogP contribution is 2.47. The highest BCUT2D eigenvalue weighted by molar-refractivity contribution is 5.85. The number of halogens is 2. The number of rotatable bonds is 2. The van der Waals surface area contributed by atoms with Crippen molar-refractivity contribution in [3.8, 4) is 5.88 Å². The fourth-order valence-corrected chi connectivity index (χ4v) is 4.91. The zero-order valence-corrected chi connectivity index (χ0v) is 15.8. The van der Waals surface area contributed by atoms with Gasteiger partial charge in [-0.05, 0) is 37.0 Å². The van der Waals surface area contributed by atoms with Crippen LogP contribution >= 0.6 is 0 Å². The summed E-state index contributed by atoms with van der Waals surface area (Å²) in [5.41, 5.74) is 0.0140. The van der Waals surface area contributed by atoms with Crippen LogP contribution in [0.4, 0.5) is 14.6 Å². The van der Waals surface area contributed by atoms with Gasteiger partial charge in [0.05, 0.1) is 11.5 Å². The first kappa shape index (κ1) is 18.2. The topological polar surface area (TPSA) is 72.8 Å². The molecule has 1 spiro atoms. The number of benzene rings is 1. The summed E-state index contributed by atoms with van der Waals surface area (Å²) < 4.78 is 27.4. The van der Waals surface area contributed by atoms with E-state index >= 15 is 0 Å². The number of hydrogen-bond acceptors (Lipinski definition) is 6. The predicted molar refractivity (Wildman–Crippen MR) is 99.7 cm³/mol. The number of anilines is 1. The lowest BCUT2D eigenvalue weighted by Gasteiger charge is -2.38. The SMILES string of the molecule is O=C1N2[C@H](c3cc(F)cc(F)c3)CCN2CC12CCN(c1cc(O)ncn1)CC2. The number of piperidine rings is 1. The van der Waals surface area contributed by atoms with Crippen LogP contribution in [0.5, 0.6) is 5.88 Å². The molecule has 0 saturated carbocycles. The van der Waals surface area contributed by atoms with Gasteiger partial charge in [0.25, 0.3) is 0 Å². The minimum atomic E-state index is -0.624. The van der Waals surface area contributed by atoms with Crippen LogP contribution in [0.25, 0.3) is 0 Å². The van der Waals surface area contributed by atoms with Crippen LogP contribution in [-0.4, -0.2) is 57.2 Å². The van der Waals surface area contributed by atoms with Crippen LogP contribution in [0.2, 0.25) is 0 Å². The number of hydrazine groups is 1. The van der Waals surface area contributed by atoms with E-state index in [9.17, 15) is 18.7 Å². The molecular formula is C20H21F2N5O2. The van der Waals surface area contributed by atoms with Gasteiger partial charge in [0.2, 0.25) is 11.8 Å². The molecule has 3 aliphatic heterocycles. The lowest BCUT2D eigenvalue weighted by Crippen LogP contribution is -2.46. The summed E-state index contributed by atoms with van der Waals surface area (Å²) in [5, 5.41) is 13.3. The molecule has 1 atom stereocenters. The summed E-state index contributed by atoms with van der Waals surface area (Å²) in [5.74, 6) is -0.645. The molecule has 9 heteroatoms. The van der Waals surface area contributed by atoms with Gasteiger partial charge in [0.15, 0.2) is 0 Å². The van der Waals surface area contributed by atoms with E-state index in [1.54, 1.807) is 5.01 Å². The minimum Gasteiger partial charge on any atom is -0.493 e. The molecule has 0 unspecified atom stereocenters.